The fraction of sp³-hybridized carbons (Fsp3) is 0.429. The third-order valence-corrected chi connectivity index (χ3v) is 3.31. The Morgan fingerprint density at radius 2 is 2.05 bits per heavy atom. The molecule has 1 aromatic rings. The van der Waals surface area contributed by atoms with Gasteiger partial charge in [-0.1, -0.05) is 19.1 Å². The summed E-state index contributed by atoms with van der Waals surface area (Å²) in [4.78, 5) is 33.8. The molecule has 7 heteroatoms. The Labute approximate surface area is 121 Å². The van der Waals surface area contributed by atoms with E-state index in [1.165, 1.54) is 18.2 Å². The number of aliphatic carboxylic acids is 1. The number of hydrogen-bond acceptors (Lipinski definition) is 5. The summed E-state index contributed by atoms with van der Waals surface area (Å²) in [6.07, 6.45) is -0.122. The van der Waals surface area contributed by atoms with E-state index in [2.05, 4.69) is 0 Å². The third-order valence-electron chi connectivity index (χ3n) is 3.31. The molecular formula is C14H17NO6. The molecule has 0 saturated carbocycles. The molecule has 1 aromatic carbocycles. The van der Waals surface area contributed by atoms with Crippen LogP contribution in [0.5, 0.6) is 0 Å². The predicted octanol–water partition coefficient (Wildman–Crippen LogP) is 2.18. The van der Waals surface area contributed by atoms with E-state index in [9.17, 15) is 24.8 Å². The maximum Gasteiger partial charge on any atom is 0.323 e. The molecule has 1 atom stereocenters. The van der Waals surface area contributed by atoms with E-state index in [-0.39, 0.29) is 25.1 Å². The summed E-state index contributed by atoms with van der Waals surface area (Å²) in [5.74, 6) is -2.12. The Bertz CT molecular complexity index is 556. The van der Waals surface area contributed by atoms with Gasteiger partial charge < -0.3 is 9.84 Å². The van der Waals surface area contributed by atoms with Crippen LogP contribution in [0.2, 0.25) is 0 Å². The minimum Gasteiger partial charge on any atom is -0.480 e. The van der Waals surface area contributed by atoms with Gasteiger partial charge in [-0.05, 0) is 25.3 Å². The van der Waals surface area contributed by atoms with Gasteiger partial charge in [-0.25, -0.2) is 0 Å². The van der Waals surface area contributed by atoms with Crippen molar-refractivity contribution in [3.05, 3.63) is 39.9 Å². The first-order valence-corrected chi connectivity index (χ1v) is 6.51. The van der Waals surface area contributed by atoms with Crippen LogP contribution in [-0.4, -0.2) is 28.6 Å². The molecule has 1 N–H and O–H groups in total. The second-order valence-corrected chi connectivity index (χ2v) is 4.57. The highest BCUT2D eigenvalue weighted by molar-refractivity contribution is 5.99. The minimum absolute atomic E-state index is 0.0316. The van der Waals surface area contributed by atoms with Crippen molar-refractivity contribution in [2.75, 3.05) is 6.61 Å². The second-order valence-electron chi connectivity index (χ2n) is 4.57. The van der Waals surface area contributed by atoms with Gasteiger partial charge in [-0.2, -0.15) is 0 Å². The van der Waals surface area contributed by atoms with E-state index in [1.54, 1.807) is 19.9 Å². The average molecular weight is 295 g/mol. The van der Waals surface area contributed by atoms with E-state index in [1.807, 2.05) is 0 Å². The lowest BCUT2D eigenvalue weighted by Crippen LogP contribution is -2.42. The summed E-state index contributed by atoms with van der Waals surface area (Å²) in [5.41, 5.74) is -1.47. The lowest BCUT2D eigenvalue weighted by molar-refractivity contribution is -0.384. The molecule has 114 valence electrons. The smallest absolute Gasteiger partial charge is 0.323 e. The SMILES string of the molecule is CCOC(=O)C(CC)(Cc1cccc([N+](=O)[O-])c1)C(=O)O. The first kappa shape index (κ1) is 16.6. The maximum atomic E-state index is 12.0. The topological polar surface area (TPSA) is 107 Å². The number of carboxylic acid groups (broad SMARTS) is 1. The average Bonchev–Trinajstić information content (AvgIpc) is 2.44. The quantitative estimate of drug-likeness (QED) is 0.357. The number of non-ortho nitro benzene ring substituents is 1. The number of ether oxygens (including phenoxy) is 1. The largest absolute Gasteiger partial charge is 0.480 e. The number of carbonyl (C=O) groups is 2. The fourth-order valence-corrected chi connectivity index (χ4v) is 2.05. The Kier molecular flexibility index (Phi) is 5.40. The number of carboxylic acids is 1. The summed E-state index contributed by atoms with van der Waals surface area (Å²) in [7, 11) is 0. The van der Waals surface area contributed by atoms with Crippen LogP contribution in [0, 0.1) is 15.5 Å². The van der Waals surface area contributed by atoms with Crippen molar-refractivity contribution in [3.63, 3.8) is 0 Å². The van der Waals surface area contributed by atoms with Gasteiger partial charge in [-0.3, -0.25) is 19.7 Å². The number of nitro benzene ring substituents is 1. The Balaban J connectivity index is 3.18. The van der Waals surface area contributed by atoms with E-state index in [0.29, 0.717) is 5.56 Å². The minimum atomic E-state index is -1.73. The first-order valence-electron chi connectivity index (χ1n) is 6.51. The molecule has 1 rings (SSSR count). The van der Waals surface area contributed by atoms with Crippen LogP contribution in [0.25, 0.3) is 0 Å². The van der Waals surface area contributed by atoms with Gasteiger partial charge in [0.25, 0.3) is 5.69 Å². The first-order chi connectivity index (χ1) is 9.87. The standard InChI is InChI=1S/C14H17NO6/c1-3-14(12(16)17,13(18)21-4-2)9-10-6-5-7-11(8-10)15(19)20/h5-8H,3-4,9H2,1-2H3,(H,16,17). The molecule has 1 unspecified atom stereocenters. The highest BCUT2D eigenvalue weighted by Crippen LogP contribution is 2.30. The Hall–Kier alpha value is -2.44. The molecule has 0 aliphatic carbocycles. The van der Waals surface area contributed by atoms with Crippen LogP contribution in [0.15, 0.2) is 24.3 Å². The summed E-state index contributed by atoms with van der Waals surface area (Å²) in [6, 6.07) is 5.59. The number of carbonyl (C=O) groups excluding carboxylic acids is 1. The maximum absolute atomic E-state index is 12.0. The molecule has 0 spiro atoms. The van der Waals surface area contributed by atoms with Crippen LogP contribution < -0.4 is 0 Å². The van der Waals surface area contributed by atoms with E-state index >= 15 is 0 Å². The number of benzene rings is 1. The molecule has 21 heavy (non-hydrogen) atoms. The molecule has 0 saturated heterocycles. The zero-order valence-corrected chi connectivity index (χ0v) is 11.9. The Morgan fingerprint density at radius 3 is 2.52 bits per heavy atom. The summed E-state index contributed by atoms with van der Waals surface area (Å²) < 4.78 is 4.86. The molecule has 0 radical (unpaired) electrons. The van der Waals surface area contributed by atoms with Crippen LogP contribution in [-0.2, 0) is 20.7 Å². The third kappa shape index (κ3) is 3.56. The van der Waals surface area contributed by atoms with Gasteiger partial charge >= 0.3 is 11.9 Å². The molecule has 0 fully saturated rings. The van der Waals surface area contributed by atoms with E-state index in [4.69, 9.17) is 4.74 Å². The van der Waals surface area contributed by atoms with Gasteiger partial charge in [-0.15, -0.1) is 0 Å². The Morgan fingerprint density at radius 1 is 1.38 bits per heavy atom. The molecule has 0 aliphatic rings. The van der Waals surface area contributed by atoms with Crippen LogP contribution in [0.1, 0.15) is 25.8 Å². The van der Waals surface area contributed by atoms with Crippen molar-refractivity contribution >= 4 is 17.6 Å². The number of nitro groups is 1. The van der Waals surface area contributed by atoms with Crippen molar-refractivity contribution in [2.24, 2.45) is 5.41 Å². The van der Waals surface area contributed by atoms with Gasteiger partial charge in [0.15, 0.2) is 5.41 Å². The van der Waals surface area contributed by atoms with Crippen LogP contribution in [0.4, 0.5) is 5.69 Å². The van der Waals surface area contributed by atoms with Gasteiger partial charge in [0, 0.05) is 12.1 Å². The molecule has 0 amide bonds. The summed E-state index contributed by atoms with van der Waals surface area (Å²) in [6.45, 7) is 3.23. The summed E-state index contributed by atoms with van der Waals surface area (Å²) >= 11 is 0. The molecule has 0 aliphatic heterocycles. The highest BCUT2D eigenvalue weighted by atomic mass is 16.6. The van der Waals surface area contributed by atoms with Crippen molar-refractivity contribution in [3.8, 4) is 0 Å². The number of nitrogens with zero attached hydrogens (tertiary/aromatic N) is 1. The predicted molar refractivity (Wildman–Crippen MR) is 73.8 cm³/mol. The highest BCUT2D eigenvalue weighted by Gasteiger charge is 2.46. The van der Waals surface area contributed by atoms with Crippen molar-refractivity contribution < 1.29 is 24.4 Å². The number of hydrogen-bond donors (Lipinski definition) is 1. The number of esters is 1. The fourth-order valence-electron chi connectivity index (χ4n) is 2.05. The van der Waals surface area contributed by atoms with Gasteiger partial charge in [0.05, 0.1) is 11.5 Å². The normalized spacial score (nSPS) is 13.2. The van der Waals surface area contributed by atoms with Crippen LogP contribution >= 0.6 is 0 Å². The zero-order chi connectivity index (χ0) is 16.0. The molecule has 0 heterocycles. The molecule has 0 bridgehead atoms. The lowest BCUT2D eigenvalue weighted by Gasteiger charge is -2.25. The van der Waals surface area contributed by atoms with Gasteiger partial charge in [0.2, 0.25) is 0 Å². The van der Waals surface area contributed by atoms with E-state index < -0.39 is 22.3 Å². The van der Waals surface area contributed by atoms with Crippen molar-refractivity contribution in [1.29, 1.82) is 0 Å². The van der Waals surface area contributed by atoms with Crippen molar-refractivity contribution in [1.82, 2.24) is 0 Å². The molecule has 7 nitrogen and oxygen atoms in total. The van der Waals surface area contributed by atoms with Crippen LogP contribution in [0.3, 0.4) is 0 Å². The molecule has 0 aromatic heterocycles. The number of rotatable bonds is 7. The molecular weight excluding hydrogens is 278 g/mol. The van der Waals surface area contributed by atoms with Gasteiger partial charge in [0.1, 0.15) is 0 Å². The second kappa shape index (κ2) is 6.83. The van der Waals surface area contributed by atoms with E-state index in [0.717, 1.165) is 0 Å². The monoisotopic (exact) mass is 295 g/mol. The zero-order valence-electron chi connectivity index (χ0n) is 11.9. The lowest BCUT2D eigenvalue weighted by atomic mass is 9.79. The van der Waals surface area contributed by atoms with Crippen molar-refractivity contribution in [2.45, 2.75) is 26.7 Å². The summed E-state index contributed by atoms with van der Waals surface area (Å²) in [5, 5.41) is 20.2.